The Morgan fingerprint density at radius 2 is 2.35 bits per heavy atom. The molecule has 0 radical (unpaired) electrons. The van der Waals surface area contributed by atoms with E-state index in [0.717, 1.165) is 23.5 Å². The highest BCUT2D eigenvalue weighted by Gasteiger charge is 2.12. The first kappa shape index (κ1) is 11.3. The van der Waals surface area contributed by atoms with E-state index in [1.807, 2.05) is 24.6 Å². The lowest BCUT2D eigenvalue weighted by molar-refractivity contribution is 0.657. The van der Waals surface area contributed by atoms with Crippen molar-refractivity contribution in [2.75, 3.05) is 0 Å². The summed E-state index contributed by atoms with van der Waals surface area (Å²) in [5.41, 5.74) is 2.59. The van der Waals surface area contributed by atoms with E-state index >= 15 is 0 Å². The van der Waals surface area contributed by atoms with Crippen molar-refractivity contribution in [2.45, 2.75) is 20.4 Å². The molecule has 0 aliphatic rings. The van der Waals surface area contributed by atoms with Gasteiger partial charge in [0.1, 0.15) is 5.69 Å². The molecule has 0 aromatic carbocycles. The Morgan fingerprint density at radius 1 is 1.59 bits per heavy atom. The monoisotopic (exact) mass is 229 g/mol. The third-order valence-electron chi connectivity index (χ3n) is 2.47. The molecule has 0 spiro atoms. The number of aromatic nitrogens is 5. The summed E-state index contributed by atoms with van der Waals surface area (Å²) < 4.78 is 1.87. The summed E-state index contributed by atoms with van der Waals surface area (Å²) in [4.78, 5) is 4.37. The van der Waals surface area contributed by atoms with Crippen LogP contribution in [0.1, 0.15) is 18.4 Å². The second-order valence-electron chi connectivity index (χ2n) is 3.72. The Bertz CT molecular complexity index is 561. The van der Waals surface area contributed by atoms with Crippen molar-refractivity contribution in [3.05, 3.63) is 36.8 Å². The molecule has 0 aliphatic heterocycles. The van der Waals surface area contributed by atoms with Crippen molar-refractivity contribution in [3.63, 3.8) is 0 Å². The fourth-order valence-corrected chi connectivity index (χ4v) is 1.58. The number of nitrogens with one attached hydrogen (secondary N) is 1. The van der Waals surface area contributed by atoms with E-state index < -0.39 is 0 Å². The van der Waals surface area contributed by atoms with Crippen LogP contribution in [0, 0.1) is 6.92 Å². The predicted molar refractivity (Wildman–Crippen MR) is 67.2 cm³/mol. The summed E-state index contributed by atoms with van der Waals surface area (Å²) in [6, 6.07) is 1.97. The third-order valence-corrected chi connectivity index (χ3v) is 2.47. The fourth-order valence-electron chi connectivity index (χ4n) is 1.58. The molecule has 0 atom stereocenters. The molecular formula is C12H15N5. The Morgan fingerprint density at radius 3 is 3.00 bits per heavy atom. The molecule has 5 heteroatoms. The highest BCUT2D eigenvalue weighted by atomic mass is 15.3. The summed E-state index contributed by atoms with van der Waals surface area (Å²) >= 11 is 0. The number of hydrogen-bond donors (Lipinski definition) is 1. The molecule has 88 valence electrons. The molecular weight excluding hydrogens is 214 g/mol. The van der Waals surface area contributed by atoms with Crippen LogP contribution in [0.3, 0.4) is 0 Å². The first-order chi connectivity index (χ1) is 8.15. The van der Waals surface area contributed by atoms with Gasteiger partial charge in [-0.1, -0.05) is 19.2 Å². The average Bonchev–Trinajstić information content (AvgIpc) is 2.93. The van der Waals surface area contributed by atoms with E-state index in [1.54, 1.807) is 6.08 Å². The number of allylic oxidation sites excluding steroid dienone is 2. The van der Waals surface area contributed by atoms with Crippen LogP contribution in [-0.4, -0.2) is 25.0 Å². The van der Waals surface area contributed by atoms with E-state index in [9.17, 15) is 0 Å². The van der Waals surface area contributed by atoms with Crippen LogP contribution < -0.4 is 0 Å². The van der Waals surface area contributed by atoms with E-state index in [1.165, 1.54) is 0 Å². The number of hydrogen-bond acceptors (Lipinski definition) is 3. The molecule has 1 N–H and O–H groups in total. The Labute approximate surface area is 99.9 Å². The fraction of sp³-hybridized carbons (Fsp3) is 0.250. The van der Waals surface area contributed by atoms with Crippen molar-refractivity contribution >= 4 is 5.57 Å². The minimum atomic E-state index is 0.630. The van der Waals surface area contributed by atoms with Crippen LogP contribution in [0.4, 0.5) is 0 Å². The first-order valence-electron chi connectivity index (χ1n) is 5.44. The molecule has 2 rings (SSSR count). The standard InChI is InChI=1S/C12H15N5/c1-5-8(3)11-13-12(15-14-11)10-7-9(4)16-17(10)6-2/h5,7H,1,3,6H2,2,4H3,(H,13,14,15). The van der Waals surface area contributed by atoms with Gasteiger partial charge in [0, 0.05) is 12.1 Å². The Hall–Kier alpha value is -2.17. The minimum absolute atomic E-state index is 0.630. The molecule has 2 heterocycles. The summed E-state index contributed by atoms with van der Waals surface area (Å²) in [6.45, 7) is 12.2. The summed E-state index contributed by atoms with van der Waals surface area (Å²) in [5.74, 6) is 1.27. The second kappa shape index (κ2) is 4.37. The van der Waals surface area contributed by atoms with Gasteiger partial charge in [0.2, 0.25) is 0 Å². The Balaban J connectivity index is 2.42. The van der Waals surface area contributed by atoms with E-state index in [-0.39, 0.29) is 0 Å². The molecule has 0 saturated carbocycles. The molecule has 2 aromatic heterocycles. The summed E-state index contributed by atoms with van der Waals surface area (Å²) in [7, 11) is 0. The van der Waals surface area contributed by atoms with Gasteiger partial charge in [-0.2, -0.15) is 10.2 Å². The lowest BCUT2D eigenvalue weighted by Gasteiger charge is -1.98. The molecule has 0 fully saturated rings. The normalized spacial score (nSPS) is 10.5. The maximum Gasteiger partial charge on any atom is 0.199 e. The van der Waals surface area contributed by atoms with Crippen molar-refractivity contribution in [3.8, 4) is 11.5 Å². The topological polar surface area (TPSA) is 59.4 Å². The molecule has 2 aromatic rings. The highest BCUT2D eigenvalue weighted by Crippen LogP contribution is 2.18. The predicted octanol–water partition coefficient (Wildman–Crippen LogP) is 2.20. The number of rotatable bonds is 4. The van der Waals surface area contributed by atoms with Crippen molar-refractivity contribution in [2.24, 2.45) is 0 Å². The van der Waals surface area contributed by atoms with Gasteiger partial charge in [0.15, 0.2) is 11.6 Å². The van der Waals surface area contributed by atoms with E-state index in [0.29, 0.717) is 11.6 Å². The number of aromatic amines is 1. The van der Waals surface area contributed by atoms with Crippen LogP contribution in [-0.2, 0) is 6.54 Å². The smallest absolute Gasteiger partial charge is 0.199 e. The largest absolute Gasteiger partial charge is 0.262 e. The van der Waals surface area contributed by atoms with Gasteiger partial charge in [-0.25, -0.2) is 4.98 Å². The van der Waals surface area contributed by atoms with E-state index in [4.69, 9.17) is 0 Å². The molecule has 0 bridgehead atoms. The maximum absolute atomic E-state index is 4.37. The van der Waals surface area contributed by atoms with Gasteiger partial charge >= 0.3 is 0 Å². The molecule has 0 saturated heterocycles. The summed E-state index contributed by atoms with van der Waals surface area (Å²) in [6.07, 6.45) is 1.65. The SMILES string of the molecule is C=CC(=C)c1nc(-c2cc(C)nn2CC)n[nH]1. The Kier molecular flexibility index (Phi) is 2.91. The van der Waals surface area contributed by atoms with Gasteiger partial charge in [0.05, 0.1) is 5.69 Å². The average molecular weight is 229 g/mol. The van der Waals surface area contributed by atoms with Crippen molar-refractivity contribution in [1.29, 1.82) is 0 Å². The number of aryl methyl sites for hydroxylation is 2. The second-order valence-corrected chi connectivity index (χ2v) is 3.72. The zero-order chi connectivity index (χ0) is 12.4. The number of H-pyrrole nitrogens is 1. The van der Waals surface area contributed by atoms with Gasteiger partial charge in [0.25, 0.3) is 0 Å². The highest BCUT2D eigenvalue weighted by molar-refractivity contribution is 5.67. The summed E-state index contributed by atoms with van der Waals surface area (Å²) in [5, 5.41) is 11.4. The molecule has 0 aliphatic carbocycles. The quantitative estimate of drug-likeness (QED) is 0.817. The molecule has 0 amide bonds. The van der Waals surface area contributed by atoms with Crippen LogP contribution in [0.15, 0.2) is 25.3 Å². The third kappa shape index (κ3) is 2.04. The van der Waals surface area contributed by atoms with Gasteiger partial charge < -0.3 is 0 Å². The molecule has 5 nitrogen and oxygen atoms in total. The lowest BCUT2D eigenvalue weighted by atomic mass is 10.3. The zero-order valence-electron chi connectivity index (χ0n) is 10.1. The van der Waals surface area contributed by atoms with Gasteiger partial charge in [-0.3, -0.25) is 9.78 Å². The van der Waals surface area contributed by atoms with Crippen LogP contribution in [0.5, 0.6) is 0 Å². The molecule has 17 heavy (non-hydrogen) atoms. The first-order valence-corrected chi connectivity index (χ1v) is 5.44. The maximum atomic E-state index is 4.37. The number of nitrogens with zero attached hydrogens (tertiary/aromatic N) is 4. The van der Waals surface area contributed by atoms with Crippen molar-refractivity contribution in [1.82, 2.24) is 25.0 Å². The van der Waals surface area contributed by atoms with E-state index in [2.05, 4.69) is 33.4 Å². The van der Waals surface area contributed by atoms with Crippen LogP contribution in [0.25, 0.3) is 17.1 Å². The van der Waals surface area contributed by atoms with Gasteiger partial charge in [-0.05, 0) is 19.9 Å². The minimum Gasteiger partial charge on any atom is -0.262 e. The van der Waals surface area contributed by atoms with Crippen molar-refractivity contribution < 1.29 is 0 Å². The van der Waals surface area contributed by atoms with Crippen LogP contribution in [0.2, 0.25) is 0 Å². The van der Waals surface area contributed by atoms with Gasteiger partial charge in [-0.15, -0.1) is 0 Å². The lowest BCUT2D eigenvalue weighted by Crippen LogP contribution is -2.00. The zero-order valence-corrected chi connectivity index (χ0v) is 10.1. The van der Waals surface area contributed by atoms with Crippen LogP contribution >= 0.6 is 0 Å². The molecule has 0 unspecified atom stereocenters.